The molecular weight excluding hydrogens is 1720 g/mol. The van der Waals surface area contributed by atoms with Crippen molar-refractivity contribution in [2.45, 2.75) is 546 Å². The molecule has 0 unspecified atom stereocenters. The van der Waals surface area contributed by atoms with Crippen molar-refractivity contribution in [2.75, 3.05) is 95.7 Å². The topological polar surface area (TPSA) is 333 Å². The second kappa shape index (κ2) is 43.9. The lowest BCUT2D eigenvalue weighted by Crippen LogP contribution is -2.62. The predicted molar refractivity (Wildman–Crippen MR) is 575 cm³/mol. The highest BCUT2D eigenvalue weighted by molar-refractivity contribution is 5.42. The van der Waals surface area contributed by atoms with Crippen molar-refractivity contribution >= 4 is 41.6 Å². The van der Waals surface area contributed by atoms with E-state index in [9.17, 15) is 0 Å². The van der Waals surface area contributed by atoms with Crippen LogP contribution in [0.4, 0.5) is 41.6 Å². The molecule has 29 nitrogen and oxygen atoms in total. The van der Waals surface area contributed by atoms with E-state index < -0.39 is 0 Å². The summed E-state index contributed by atoms with van der Waals surface area (Å²) in [5.74, 6) is 10.7. The van der Waals surface area contributed by atoms with Crippen molar-refractivity contribution in [2.24, 2.45) is 17.8 Å². The average Bonchev–Trinajstić information content (AvgIpc) is 0.771. The van der Waals surface area contributed by atoms with Crippen LogP contribution in [0.5, 0.6) is 0 Å². The molecule has 12 heterocycles. The zero-order chi connectivity index (χ0) is 101. The molecule has 12 rings (SSSR count). The summed E-state index contributed by atoms with van der Waals surface area (Å²) >= 11 is 0. The summed E-state index contributed by atoms with van der Waals surface area (Å²) in [6.07, 6.45) is 30.3. The minimum absolute atomic E-state index is 0.00105. The first-order valence-electron chi connectivity index (χ1n) is 54.8. The van der Waals surface area contributed by atoms with E-state index in [1.54, 1.807) is 0 Å². The Balaban J connectivity index is 0.804. The number of hydrogen-bond donors (Lipinski definition) is 14. The van der Waals surface area contributed by atoms with Crippen molar-refractivity contribution in [1.29, 1.82) is 0 Å². The molecule has 0 amide bonds. The van der Waals surface area contributed by atoms with Gasteiger partial charge in [-0.3, -0.25) is 0 Å². The van der Waals surface area contributed by atoms with Crippen molar-refractivity contribution in [1.82, 2.24) is 112 Å². The average molecular weight is 1920 g/mol. The van der Waals surface area contributed by atoms with Gasteiger partial charge in [-0.1, -0.05) is 13.3 Å². The summed E-state index contributed by atoms with van der Waals surface area (Å²) in [5.41, 5.74) is -0.353. The van der Waals surface area contributed by atoms with Crippen molar-refractivity contribution in [3.63, 3.8) is 0 Å². The number of aryl methyl sites for hydroxylation is 2. The standard InChI is InChI=1S/C109H201N29/c1-34-35-54-138(81-72-108(30,31)135-109(32,33)73-81)93-124-86(57-76-62-98(10,11)130-99(12,13)63-76)121-88(127-93)111-47-43-53-137(49-39-37-45-83-118-90(113-78-66-102(18,19)132-103(20,21)67-78)126-91(119-83)114-79-68-104(22,23)133-105(24,25)69-79)51-41-40-50-136(48-38-36-44-82-116-84(55-74-58-94(2,3)128-95(4,5)59-74)122-89(117-82)112-77-64-100(14,15)131-101(16,17)65-77)52-42-46-110-87-120-85(56-75-60-96(6,7)129-97(8,9)61-75)123-92(125-87)115-80-70-106(26,27)134-107(28,29)71-80/h74-81,128-135H,34-73H2,1-33H3,(H,111,121,124,127)(H,112,116,117,122)(H2,110,115,120,123,125)(H2,113,114,118,119,126). The zero-order valence-electron chi connectivity index (χ0n) is 93.6. The van der Waals surface area contributed by atoms with E-state index in [2.05, 4.69) is 318 Å². The molecule has 0 aliphatic carbocycles. The summed E-state index contributed by atoms with van der Waals surface area (Å²) < 4.78 is 0. The van der Waals surface area contributed by atoms with Gasteiger partial charge in [-0.15, -0.1) is 0 Å². The minimum atomic E-state index is -0.0438. The number of hydrogen-bond acceptors (Lipinski definition) is 29. The van der Waals surface area contributed by atoms with Crippen molar-refractivity contribution in [3.8, 4) is 0 Å². The van der Waals surface area contributed by atoms with Gasteiger partial charge in [0.15, 0.2) is 0 Å². The Labute approximate surface area is 838 Å². The summed E-state index contributed by atoms with van der Waals surface area (Å²) in [6, 6.07) is 1.13. The maximum atomic E-state index is 5.53. The van der Waals surface area contributed by atoms with Gasteiger partial charge >= 0.3 is 0 Å². The lowest BCUT2D eigenvalue weighted by atomic mass is 9.74. The van der Waals surface area contributed by atoms with Crippen molar-refractivity contribution < 1.29 is 0 Å². The van der Waals surface area contributed by atoms with Gasteiger partial charge in [0.2, 0.25) is 41.6 Å². The third-order valence-electron chi connectivity index (χ3n) is 30.0. The van der Waals surface area contributed by atoms with E-state index in [4.69, 9.17) is 59.8 Å². The molecule has 0 spiro atoms. The lowest BCUT2D eigenvalue weighted by Gasteiger charge is -2.49. The molecular formula is C109H201N29. The molecule has 4 aromatic heterocycles. The molecule has 8 aliphatic heterocycles. The maximum Gasteiger partial charge on any atom is 0.230 e. The first-order chi connectivity index (χ1) is 63.7. The predicted octanol–water partition coefficient (Wildman–Crippen LogP) is 18.3. The molecule has 4 aromatic rings. The quantitative estimate of drug-likeness (QED) is 0.0183. The van der Waals surface area contributed by atoms with Gasteiger partial charge in [0.25, 0.3) is 0 Å². The van der Waals surface area contributed by atoms with Gasteiger partial charge in [-0.25, -0.2) is 4.98 Å². The highest BCUT2D eigenvalue weighted by Crippen LogP contribution is 2.42. The molecule has 8 aliphatic rings. The molecule has 0 saturated carbocycles. The summed E-state index contributed by atoms with van der Waals surface area (Å²) in [7, 11) is 0. The number of nitrogens with one attached hydrogen (secondary N) is 14. The number of nitrogens with zero attached hydrogens (tertiary/aromatic N) is 15. The van der Waals surface area contributed by atoms with Gasteiger partial charge in [0.1, 0.15) is 29.1 Å². The highest BCUT2D eigenvalue weighted by Gasteiger charge is 2.48. The third kappa shape index (κ3) is 36.2. The Hall–Kier alpha value is -5.76. The molecule has 0 atom stereocenters. The number of rotatable bonds is 44. The van der Waals surface area contributed by atoms with Crippen LogP contribution >= 0.6 is 0 Å². The minimum Gasteiger partial charge on any atom is -0.354 e. The Bertz CT molecular complexity index is 4120. The van der Waals surface area contributed by atoms with E-state index in [0.29, 0.717) is 47.5 Å². The van der Waals surface area contributed by atoms with Crippen LogP contribution in [-0.2, 0) is 32.1 Å². The Morgan fingerprint density at radius 1 is 0.232 bits per heavy atom. The Morgan fingerprint density at radius 3 is 0.775 bits per heavy atom. The number of anilines is 7. The largest absolute Gasteiger partial charge is 0.354 e. The maximum absolute atomic E-state index is 5.53. The SMILES string of the molecule is CCCCN(c1nc(CC2CC(C)(C)NC(C)(C)C2)nc(NCCCN(CCCCc2nc(NC3CC(C)(C)NC(C)(C)C3)nc(NC3CC(C)(C)NC(C)(C)C3)n2)CCCCN(CCCCc2nc(CC3CC(C)(C)NC(C)(C)C3)nc(NC3CC(C)(C)NC(C)(C)C3)n2)CCCNc2nc(CC3CC(C)(C)NC(C)(C)C3)nc(NC3CC(C)(C)NC(C)(C)C3)n2)n1)C1CC(C)(C)NC(C)(C)C1. The summed E-state index contributed by atoms with van der Waals surface area (Å²) in [6.45, 7) is 85.2. The van der Waals surface area contributed by atoms with Gasteiger partial charge in [-0.05, 0) is 439 Å². The third-order valence-corrected chi connectivity index (χ3v) is 30.0. The second-order valence-corrected chi connectivity index (χ2v) is 55.7. The van der Waals surface area contributed by atoms with E-state index in [1.807, 2.05) is 0 Å². The zero-order valence-corrected chi connectivity index (χ0v) is 93.6. The molecule has 0 aromatic carbocycles. The molecule has 8 saturated heterocycles. The molecule has 138 heavy (non-hydrogen) atoms. The summed E-state index contributed by atoms with van der Waals surface area (Å²) in [4.78, 5) is 72.1. The Morgan fingerprint density at radius 2 is 0.464 bits per heavy atom. The van der Waals surface area contributed by atoms with Crippen LogP contribution in [-0.4, -0.2) is 247 Å². The summed E-state index contributed by atoms with van der Waals surface area (Å²) in [5, 5.41) is 54.6. The molecule has 782 valence electrons. The van der Waals surface area contributed by atoms with Gasteiger partial charge in [0, 0.05) is 171 Å². The van der Waals surface area contributed by atoms with Crippen LogP contribution < -0.4 is 79.3 Å². The number of unbranched alkanes of at least 4 members (excludes halogenated alkanes) is 4. The highest BCUT2D eigenvalue weighted by atomic mass is 15.3. The van der Waals surface area contributed by atoms with Crippen LogP contribution in [0.1, 0.15) is 425 Å². The molecule has 29 heteroatoms. The number of aromatic nitrogens is 12. The molecule has 0 bridgehead atoms. The molecule has 14 N–H and O–H groups in total. The lowest BCUT2D eigenvalue weighted by molar-refractivity contribution is 0.127. The molecule has 8 fully saturated rings. The van der Waals surface area contributed by atoms with Crippen LogP contribution in [0, 0.1) is 17.8 Å². The monoisotopic (exact) mass is 1920 g/mol. The fourth-order valence-electron chi connectivity index (χ4n) is 28.8. The van der Waals surface area contributed by atoms with Gasteiger partial charge in [-0.2, -0.15) is 54.8 Å². The van der Waals surface area contributed by atoms with E-state index >= 15 is 0 Å². The second-order valence-electron chi connectivity index (χ2n) is 55.7. The molecule has 0 radical (unpaired) electrons. The first-order valence-corrected chi connectivity index (χ1v) is 54.8. The van der Waals surface area contributed by atoms with Crippen LogP contribution in [0.3, 0.4) is 0 Å². The fraction of sp³-hybridized carbons (Fsp3) is 0.890. The van der Waals surface area contributed by atoms with Gasteiger partial charge < -0.3 is 89.1 Å². The smallest absolute Gasteiger partial charge is 0.230 e. The first kappa shape index (κ1) is 111. The van der Waals surface area contributed by atoms with Crippen LogP contribution in [0.25, 0.3) is 0 Å². The van der Waals surface area contributed by atoms with E-state index in [-0.39, 0.29) is 119 Å². The van der Waals surface area contributed by atoms with Crippen LogP contribution in [0.15, 0.2) is 0 Å². The van der Waals surface area contributed by atoms with Gasteiger partial charge in [0.05, 0.1) is 0 Å². The number of piperidine rings is 8. The Kier molecular flexibility index (Phi) is 35.3. The fourth-order valence-corrected chi connectivity index (χ4v) is 28.8. The van der Waals surface area contributed by atoms with E-state index in [1.165, 1.54) is 0 Å². The van der Waals surface area contributed by atoms with Crippen molar-refractivity contribution in [3.05, 3.63) is 29.1 Å². The normalized spacial score (nSPS) is 24.4. The van der Waals surface area contributed by atoms with E-state index in [0.717, 1.165) is 299 Å². The van der Waals surface area contributed by atoms with Crippen LogP contribution in [0.2, 0.25) is 0 Å².